The van der Waals surface area contributed by atoms with E-state index < -0.39 is 15.9 Å². The van der Waals surface area contributed by atoms with Crippen LogP contribution in [0.4, 0.5) is 0 Å². The van der Waals surface area contributed by atoms with E-state index in [0.717, 1.165) is 0 Å². The minimum Gasteiger partial charge on any atom is -0.364 e. The van der Waals surface area contributed by atoms with Crippen LogP contribution in [0.3, 0.4) is 0 Å². The number of piperazine rings is 1. The number of aromatic nitrogens is 1. The normalized spacial score (nSPS) is 17.0. The Morgan fingerprint density at radius 1 is 1.27 bits per heavy atom. The summed E-state index contributed by atoms with van der Waals surface area (Å²) in [5, 5.41) is 3.85. The maximum Gasteiger partial charge on any atom is 0.266 e. The van der Waals surface area contributed by atoms with E-state index in [0.29, 0.717) is 42.1 Å². The standard InChI is InChI=1S/C13H15ClN4O3S/c14-8-1-2-10-9(7-8)12(11(17-10)13(15)19)22(20,21)18-5-3-16-4-6-18/h1-2,7,16-17H,3-6H2,(H2,15,19). The summed E-state index contributed by atoms with van der Waals surface area (Å²) in [7, 11) is -3.84. The van der Waals surface area contributed by atoms with Crippen LogP contribution in [0.5, 0.6) is 0 Å². The number of H-pyrrole nitrogens is 1. The highest BCUT2D eigenvalue weighted by molar-refractivity contribution is 7.89. The molecule has 0 radical (unpaired) electrons. The van der Waals surface area contributed by atoms with Gasteiger partial charge in [0, 0.05) is 42.1 Å². The van der Waals surface area contributed by atoms with Crippen molar-refractivity contribution in [3.63, 3.8) is 0 Å². The Kier molecular flexibility index (Phi) is 3.85. The molecule has 1 saturated heterocycles. The van der Waals surface area contributed by atoms with Gasteiger partial charge in [-0.3, -0.25) is 4.79 Å². The van der Waals surface area contributed by atoms with Crippen molar-refractivity contribution >= 4 is 38.4 Å². The number of sulfonamides is 1. The van der Waals surface area contributed by atoms with E-state index in [9.17, 15) is 13.2 Å². The molecule has 0 atom stereocenters. The molecule has 2 aromatic rings. The molecule has 4 N–H and O–H groups in total. The molecule has 1 aromatic heterocycles. The number of halogens is 1. The zero-order chi connectivity index (χ0) is 15.9. The molecule has 0 spiro atoms. The van der Waals surface area contributed by atoms with Crippen molar-refractivity contribution in [3.8, 4) is 0 Å². The lowest BCUT2D eigenvalue weighted by atomic mass is 10.2. The van der Waals surface area contributed by atoms with Crippen LogP contribution in [-0.4, -0.2) is 49.8 Å². The van der Waals surface area contributed by atoms with Gasteiger partial charge in [0.25, 0.3) is 5.91 Å². The third-order valence-electron chi connectivity index (χ3n) is 3.63. The van der Waals surface area contributed by atoms with Crippen LogP contribution >= 0.6 is 11.6 Å². The van der Waals surface area contributed by atoms with E-state index in [2.05, 4.69) is 10.3 Å². The molecule has 1 aliphatic rings. The first kappa shape index (κ1) is 15.3. The van der Waals surface area contributed by atoms with Gasteiger partial charge in [0.1, 0.15) is 10.6 Å². The van der Waals surface area contributed by atoms with Gasteiger partial charge in [-0.25, -0.2) is 8.42 Å². The van der Waals surface area contributed by atoms with Crippen molar-refractivity contribution in [1.29, 1.82) is 0 Å². The number of benzene rings is 1. The molecule has 22 heavy (non-hydrogen) atoms. The lowest BCUT2D eigenvalue weighted by Gasteiger charge is -2.26. The van der Waals surface area contributed by atoms with E-state index in [-0.39, 0.29) is 10.6 Å². The van der Waals surface area contributed by atoms with Gasteiger partial charge in [0.05, 0.1) is 0 Å². The largest absolute Gasteiger partial charge is 0.364 e. The third kappa shape index (κ3) is 2.48. The number of nitrogens with zero attached hydrogens (tertiary/aromatic N) is 1. The molecule has 0 unspecified atom stereocenters. The predicted octanol–water partition coefficient (Wildman–Crippen LogP) is 0.514. The average molecular weight is 343 g/mol. The first-order valence-electron chi connectivity index (χ1n) is 6.73. The van der Waals surface area contributed by atoms with Gasteiger partial charge in [0.2, 0.25) is 10.0 Å². The van der Waals surface area contributed by atoms with Crippen molar-refractivity contribution in [2.45, 2.75) is 4.90 Å². The highest BCUT2D eigenvalue weighted by atomic mass is 35.5. The van der Waals surface area contributed by atoms with E-state index in [1.165, 1.54) is 10.4 Å². The zero-order valence-electron chi connectivity index (χ0n) is 11.6. The van der Waals surface area contributed by atoms with Gasteiger partial charge < -0.3 is 16.0 Å². The Morgan fingerprint density at radius 2 is 1.95 bits per heavy atom. The number of rotatable bonds is 3. The maximum atomic E-state index is 12.9. The third-order valence-corrected chi connectivity index (χ3v) is 5.85. The quantitative estimate of drug-likeness (QED) is 0.755. The van der Waals surface area contributed by atoms with E-state index in [1.807, 2.05) is 0 Å². The van der Waals surface area contributed by atoms with E-state index >= 15 is 0 Å². The first-order chi connectivity index (χ1) is 10.4. The van der Waals surface area contributed by atoms with Gasteiger partial charge in [0.15, 0.2) is 0 Å². The van der Waals surface area contributed by atoms with Gasteiger partial charge in [-0.15, -0.1) is 0 Å². The molecule has 0 saturated carbocycles. The number of aromatic amines is 1. The summed E-state index contributed by atoms with van der Waals surface area (Å²) < 4.78 is 27.2. The molecule has 1 fully saturated rings. The van der Waals surface area contributed by atoms with Gasteiger partial charge in [-0.2, -0.15) is 4.31 Å². The summed E-state index contributed by atoms with van der Waals surface area (Å²) in [6.07, 6.45) is 0. The van der Waals surface area contributed by atoms with Crippen molar-refractivity contribution in [3.05, 3.63) is 28.9 Å². The molecule has 7 nitrogen and oxygen atoms in total. The Labute approximate surface area is 132 Å². The second kappa shape index (κ2) is 5.54. The lowest BCUT2D eigenvalue weighted by molar-refractivity contribution is 0.0993. The molecule has 1 amide bonds. The number of hydrogen-bond donors (Lipinski definition) is 3. The van der Waals surface area contributed by atoms with Gasteiger partial charge >= 0.3 is 0 Å². The van der Waals surface area contributed by atoms with Gasteiger partial charge in [-0.1, -0.05) is 11.6 Å². The summed E-state index contributed by atoms with van der Waals surface area (Å²) in [6.45, 7) is 1.81. The number of amides is 1. The Hall–Kier alpha value is -1.61. The zero-order valence-corrected chi connectivity index (χ0v) is 13.2. The minimum atomic E-state index is -3.84. The number of carbonyl (C=O) groups excluding carboxylic acids is 1. The number of hydrogen-bond acceptors (Lipinski definition) is 4. The van der Waals surface area contributed by atoms with E-state index in [4.69, 9.17) is 17.3 Å². The summed E-state index contributed by atoms with van der Waals surface area (Å²) in [6, 6.07) is 4.77. The lowest BCUT2D eigenvalue weighted by Crippen LogP contribution is -2.46. The van der Waals surface area contributed by atoms with Crippen LogP contribution in [0.25, 0.3) is 10.9 Å². The second-order valence-corrected chi connectivity index (χ2v) is 7.35. The number of carbonyl (C=O) groups is 1. The molecule has 3 rings (SSSR count). The molecule has 118 valence electrons. The van der Waals surface area contributed by atoms with Crippen LogP contribution < -0.4 is 11.1 Å². The van der Waals surface area contributed by atoms with Crippen LogP contribution in [0, 0.1) is 0 Å². The van der Waals surface area contributed by atoms with E-state index in [1.54, 1.807) is 12.1 Å². The van der Waals surface area contributed by atoms with Crippen molar-refractivity contribution < 1.29 is 13.2 Å². The Bertz CT molecular complexity index is 840. The molecule has 0 bridgehead atoms. The molecule has 2 heterocycles. The number of primary amides is 1. The summed E-state index contributed by atoms with van der Waals surface area (Å²) in [4.78, 5) is 14.4. The Morgan fingerprint density at radius 3 is 2.59 bits per heavy atom. The number of fused-ring (bicyclic) bond motifs is 1. The monoisotopic (exact) mass is 342 g/mol. The summed E-state index contributed by atoms with van der Waals surface area (Å²) in [5.41, 5.74) is 5.74. The van der Waals surface area contributed by atoms with Crippen LogP contribution in [0.1, 0.15) is 10.5 Å². The SMILES string of the molecule is NC(=O)c1[nH]c2ccc(Cl)cc2c1S(=O)(=O)N1CCNCC1. The smallest absolute Gasteiger partial charge is 0.266 e. The van der Waals surface area contributed by atoms with Crippen molar-refractivity contribution in [1.82, 2.24) is 14.6 Å². The first-order valence-corrected chi connectivity index (χ1v) is 8.55. The fourth-order valence-corrected chi connectivity index (χ4v) is 4.54. The van der Waals surface area contributed by atoms with Crippen molar-refractivity contribution in [2.24, 2.45) is 5.73 Å². The van der Waals surface area contributed by atoms with Crippen LogP contribution in [-0.2, 0) is 10.0 Å². The second-order valence-electron chi connectivity index (χ2n) is 5.04. The number of nitrogens with two attached hydrogens (primary N) is 1. The topological polar surface area (TPSA) is 108 Å². The number of nitrogens with one attached hydrogen (secondary N) is 2. The summed E-state index contributed by atoms with van der Waals surface area (Å²) in [5.74, 6) is -0.818. The predicted molar refractivity (Wildman–Crippen MR) is 83.5 cm³/mol. The fraction of sp³-hybridized carbons (Fsp3) is 0.308. The fourth-order valence-electron chi connectivity index (χ4n) is 2.59. The highest BCUT2D eigenvalue weighted by Gasteiger charge is 2.33. The molecule has 0 aliphatic carbocycles. The molecule has 1 aromatic carbocycles. The van der Waals surface area contributed by atoms with Crippen molar-refractivity contribution in [2.75, 3.05) is 26.2 Å². The summed E-state index contributed by atoms with van der Waals surface area (Å²) >= 11 is 5.97. The average Bonchev–Trinajstić information content (AvgIpc) is 2.87. The molecule has 1 aliphatic heterocycles. The maximum absolute atomic E-state index is 12.9. The van der Waals surface area contributed by atoms with Crippen LogP contribution in [0.15, 0.2) is 23.1 Å². The Balaban J connectivity index is 2.25. The molecular formula is C13H15ClN4O3S. The molecule has 9 heteroatoms. The van der Waals surface area contributed by atoms with Gasteiger partial charge in [-0.05, 0) is 18.2 Å². The minimum absolute atomic E-state index is 0.0978. The highest BCUT2D eigenvalue weighted by Crippen LogP contribution is 2.31. The van der Waals surface area contributed by atoms with Crippen LogP contribution in [0.2, 0.25) is 5.02 Å². The molecular weight excluding hydrogens is 328 g/mol.